The van der Waals surface area contributed by atoms with E-state index in [1.54, 1.807) is 46.1 Å². The van der Waals surface area contributed by atoms with E-state index in [4.69, 9.17) is 9.15 Å². The number of likely N-dealkylation sites (tertiary alicyclic amines) is 1. The topological polar surface area (TPSA) is 107 Å². The minimum Gasteiger partial charge on any atom is -0.472 e. The van der Waals surface area contributed by atoms with Crippen LogP contribution >= 0.6 is 0 Å². The third-order valence-electron chi connectivity index (χ3n) is 4.99. The number of hydrogen-bond acceptors (Lipinski definition) is 6. The molecule has 1 aliphatic heterocycles. The third kappa shape index (κ3) is 3.82. The molecule has 0 radical (unpaired) electrons. The molecule has 2 aromatic heterocycles. The van der Waals surface area contributed by atoms with Crippen LogP contribution in [0.25, 0.3) is 5.69 Å². The molecule has 4 rings (SSSR count). The summed E-state index contributed by atoms with van der Waals surface area (Å²) in [6.45, 7) is 0.527. The molecule has 154 valence electrons. The number of amides is 2. The van der Waals surface area contributed by atoms with Crippen LogP contribution in [0.1, 0.15) is 33.6 Å². The van der Waals surface area contributed by atoms with Crippen LogP contribution in [0.3, 0.4) is 0 Å². The molecule has 9 heteroatoms. The van der Waals surface area contributed by atoms with Crippen molar-refractivity contribution in [2.75, 3.05) is 19.0 Å². The van der Waals surface area contributed by atoms with Crippen molar-refractivity contribution >= 4 is 23.5 Å². The van der Waals surface area contributed by atoms with Gasteiger partial charge in [-0.15, -0.1) is 0 Å². The number of anilines is 1. The van der Waals surface area contributed by atoms with Gasteiger partial charge in [0.05, 0.1) is 42.7 Å². The van der Waals surface area contributed by atoms with Gasteiger partial charge in [0, 0.05) is 12.1 Å². The fraction of sp³-hybridized carbons (Fsp3) is 0.238. The number of nitrogens with one attached hydrogen (secondary N) is 1. The largest absolute Gasteiger partial charge is 0.472 e. The van der Waals surface area contributed by atoms with Crippen molar-refractivity contribution in [3.63, 3.8) is 0 Å². The fourth-order valence-corrected chi connectivity index (χ4v) is 3.44. The van der Waals surface area contributed by atoms with Crippen molar-refractivity contribution in [3.05, 3.63) is 66.4 Å². The van der Waals surface area contributed by atoms with Crippen LogP contribution < -0.4 is 5.32 Å². The van der Waals surface area contributed by atoms with E-state index in [0.29, 0.717) is 29.8 Å². The lowest BCUT2D eigenvalue weighted by Gasteiger charge is -2.22. The van der Waals surface area contributed by atoms with Gasteiger partial charge in [-0.1, -0.05) is 0 Å². The van der Waals surface area contributed by atoms with Crippen molar-refractivity contribution in [2.24, 2.45) is 0 Å². The molecule has 3 aromatic rings. The van der Waals surface area contributed by atoms with E-state index in [0.717, 1.165) is 12.1 Å². The number of nitrogens with zero attached hydrogens (tertiary/aromatic N) is 3. The van der Waals surface area contributed by atoms with E-state index in [-0.39, 0.29) is 17.8 Å². The Labute approximate surface area is 172 Å². The van der Waals surface area contributed by atoms with Crippen LogP contribution in [0.5, 0.6) is 0 Å². The van der Waals surface area contributed by atoms with E-state index in [1.807, 2.05) is 0 Å². The number of methoxy groups -OCH3 is 1. The zero-order valence-electron chi connectivity index (χ0n) is 16.3. The van der Waals surface area contributed by atoms with Crippen molar-refractivity contribution < 1.29 is 23.5 Å². The van der Waals surface area contributed by atoms with Crippen molar-refractivity contribution in [1.82, 2.24) is 14.7 Å². The molecule has 1 aromatic carbocycles. The molecule has 1 atom stereocenters. The van der Waals surface area contributed by atoms with Gasteiger partial charge >= 0.3 is 5.97 Å². The minimum absolute atomic E-state index is 0.206. The lowest BCUT2D eigenvalue weighted by atomic mass is 10.1. The standard InChI is InChI=1S/C21H20N4O5/c1-29-21(28)18-3-2-9-24(18)20(27)14-4-6-17(7-5-14)25-12-16(11-22-25)23-19(26)15-8-10-30-13-15/h4-8,10-13,18H,2-3,9H2,1H3,(H,23,26)/t18-/m0/s1. The number of ether oxygens (including phenoxy) is 1. The number of carbonyl (C=O) groups is 3. The molecule has 1 saturated heterocycles. The highest BCUT2D eigenvalue weighted by molar-refractivity contribution is 6.03. The van der Waals surface area contributed by atoms with Gasteiger partial charge in [0.25, 0.3) is 11.8 Å². The molecule has 0 spiro atoms. The number of furan rings is 1. The Balaban J connectivity index is 1.45. The quantitative estimate of drug-likeness (QED) is 0.650. The number of esters is 1. The molecule has 9 nitrogen and oxygen atoms in total. The highest BCUT2D eigenvalue weighted by Crippen LogP contribution is 2.22. The molecule has 1 fully saturated rings. The first-order valence-electron chi connectivity index (χ1n) is 9.44. The van der Waals surface area contributed by atoms with Gasteiger partial charge in [0.2, 0.25) is 0 Å². The normalized spacial score (nSPS) is 15.8. The Bertz CT molecular complexity index is 1060. The van der Waals surface area contributed by atoms with E-state index in [2.05, 4.69) is 10.4 Å². The second-order valence-electron chi connectivity index (χ2n) is 6.87. The molecule has 0 saturated carbocycles. The average Bonchev–Trinajstić information content (AvgIpc) is 3.54. The zero-order chi connectivity index (χ0) is 21.1. The van der Waals surface area contributed by atoms with Crippen LogP contribution in [-0.4, -0.2) is 52.2 Å². The number of benzene rings is 1. The fourth-order valence-electron chi connectivity index (χ4n) is 3.44. The number of aromatic nitrogens is 2. The Hall–Kier alpha value is -3.88. The summed E-state index contributed by atoms with van der Waals surface area (Å²) in [5.74, 6) is -0.892. The Kier molecular flexibility index (Phi) is 5.34. The molecule has 2 amide bonds. The van der Waals surface area contributed by atoms with E-state index < -0.39 is 6.04 Å². The van der Waals surface area contributed by atoms with Crippen molar-refractivity contribution in [2.45, 2.75) is 18.9 Å². The summed E-state index contributed by atoms with van der Waals surface area (Å²) in [5, 5.41) is 6.98. The maximum Gasteiger partial charge on any atom is 0.328 e. The molecule has 0 bridgehead atoms. The van der Waals surface area contributed by atoms with Gasteiger partial charge < -0.3 is 19.4 Å². The summed E-state index contributed by atoms with van der Waals surface area (Å²) >= 11 is 0. The first-order valence-corrected chi connectivity index (χ1v) is 9.44. The summed E-state index contributed by atoms with van der Waals surface area (Å²) in [4.78, 5) is 38.3. The smallest absolute Gasteiger partial charge is 0.328 e. The number of rotatable bonds is 5. The minimum atomic E-state index is -0.533. The molecule has 1 N–H and O–H groups in total. The summed E-state index contributed by atoms with van der Waals surface area (Å²) in [6, 6.07) is 7.93. The molecule has 3 heterocycles. The summed E-state index contributed by atoms with van der Waals surface area (Å²) < 4.78 is 11.3. The summed E-state index contributed by atoms with van der Waals surface area (Å²) in [5.41, 5.74) is 2.15. The highest BCUT2D eigenvalue weighted by atomic mass is 16.5. The Morgan fingerprint density at radius 2 is 1.97 bits per heavy atom. The molecule has 30 heavy (non-hydrogen) atoms. The number of carbonyl (C=O) groups excluding carboxylic acids is 3. The molecule has 0 unspecified atom stereocenters. The van der Waals surface area contributed by atoms with Crippen LogP contribution in [-0.2, 0) is 9.53 Å². The molecule has 0 aliphatic carbocycles. The van der Waals surface area contributed by atoms with E-state index >= 15 is 0 Å². The van der Waals surface area contributed by atoms with Crippen LogP contribution in [0.2, 0.25) is 0 Å². The van der Waals surface area contributed by atoms with E-state index in [9.17, 15) is 14.4 Å². The summed E-state index contributed by atoms with van der Waals surface area (Å²) in [6.07, 6.45) is 7.36. The predicted octanol–water partition coefficient (Wildman–Crippen LogP) is 2.50. The second-order valence-corrected chi connectivity index (χ2v) is 6.87. The van der Waals surface area contributed by atoms with Gasteiger partial charge in [-0.3, -0.25) is 9.59 Å². The maximum atomic E-state index is 12.8. The molecule has 1 aliphatic rings. The van der Waals surface area contributed by atoms with Crippen molar-refractivity contribution in [1.29, 1.82) is 0 Å². The average molecular weight is 408 g/mol. The van der Waals surface area contributed by atoms with Crippen molar-refractivity contribution in [3.8, 4) is 5.69 Å². The summed E-state index contributed by atoms with van der Waals surface area (Å²) in [7, 11) is 1.33. The molecular weight excluding hydrogens is 388 g/mol. The van der Waals surface area contributed by atoms with Gasteiger partial charge in [-0.2, -0.15) is 5.10 Å². The monoisotopic (exact) mass is 408 g/mol. The van der Waals surface area contributed by atoms with Crippen LogP contribution in [0.4, 0.5) is 5.69 Å². The number of hydrogen-bond donors (Lipinski definition) is 1. The maximum absolute atomic E-state index is 12.8. The van der Waals surface area contributed by atoms with E-state index in [1.165, 1.54) is 25.8 Å². The lowest BCUT2D eigenvalue weighted by Crippen LogP contribution is -2.41. The molecular formula is C21H20N4O5. The van der Waals surface area contributed by atoms with Crippen LogP contribution in [0.15, 0.2) is 59.7 Å². The highest BCUT2D eigenvalue weighted by Gasteiger charge is 2.35. The third-order valence-corrected chi connectivity index (χ3v) is 4.99. The predicted molar refractivity (Wildman–Crippen MR) is 106 cm³/mol. The second kappa shape index (κ2) is 8.24. The first kappa shape index (κ1) is 19.4. The zero-order valence-corrected chi connectivity index (χ0v) is 16.3. The lowest BCUT2D eigenvalue weighted by molar-refractivity contribution is -0.145. The van der Waals surface area contributed by atoms with Gasteiger partial charge in [0.15, 0.2) is 0 Å². The SMILES string of the molecule is COC(=O)[C@@H]1CCCN1C(=O)c1ccc(-n2cc(NC(=O)c3ccoc3)cn2)cc1. The Morgan fingerprint density at radius 1 is 1.17 bits per heavy atom. The van der Waals surface area contributed by atoms with Gasteiger partial charge in [-0.25, -0.2) is 9.48 Å². The van der Waals surface area contributed by atoms with Gasteiger partial charge in [-0.05, 0) is 43.2 Å². The Morgan fingerprint density at radius 3 is 2.67 bits per heavy atom. The van der Waals surface area contributed by atoms with Crippen LogP contribution in [0, 0.1) is 0 Å². The first-order chi connectivity index (χ1) is 14.6. The van der Waals surface area contributed by atoms with Gasteiger partial charge in [0.1, 0.15) is 12.3 Å².